The zero-order valence-corrected chi connectivity index (χ0v) is 12.7. The Morgan fingerprint density at radius 3 is 2.35 bits per heavy atom. The number of nitrogens with two attached hydrogens (primary N) is 1. The predicted molar refractivity (Wildman–Crippen MR) is 76.0 cm³/mol. The summed E-state index contributed by atoms with van der Waals surface area (Å²) in [6, 6.07) is 0. The van der Waals surface area contributed by atoms with E-state index in [-0.39, 0.29) is 5.25 Å². The van der Waals surface area contributed by atoms with Crippen LogP contribution in [0.25, 0.3) is 0 Å². The molecule has 4 nitrogen and oxygen atoms in total. The summed E-state index contributed by atoms with van der Waals surface area (Å²) in [6.07, 6.45) is 4.89. The van der Waals surface area contributed by atoms with E-state index in [1.165, 1.54) is 6.66 Å². The summed E-state index contributed by atoms with van der Waals surface area (Å²) in [6.45, 7) is 5.17. The highest BCUT2D eigenvalue weighted by atomic mass is 32.1. The van der Waals surface area contributed by atoms with Gasteiger partial charge < -0.3 is 14.8 Å². The maximum Gasteiger partial charge on any atom is 0.327 e. The summed E-state index contributed by atoms with van der Waals surface area (Å²) in [5, 5.41) is 0.256. The number of rotatable bonds is 11. The minimum atomic E-state index is -2.86. The molecule has 0 bridgehead atoms. The Hall–Kier alpha value is 0.460. The van der Waals surface area contributed by atoms with Gasteiger partial charge in [-0.2, -0.15) is 12.6 Å². The molecule has 0 amide bonds. The van der Waals surface area contributed by atoms with E-state index in [4.69, 9.17) is 14.8 Å². The monoisotopic (exact) mass is 283 g/mol. The van der Waals surface area contributed by atoms with Crippen LogP contribution in [0, 0.1) is 0 Å². The van der Waals surface area contributed by atoms with Crippen LogP contribution in [0.15, 0.2) is 0 Å². The number of hydrogen-bond acceptors (Lipinski definition) is 5. The largest absolute Gasteiger partial charge is 0.330 e. The fraction of sp³-hybridized carbons (Fsp3) is 1.00. The Kier molecular flexibility index (Phi) is 10.7. The molecular weight excluding hydrogens is 257 g/mol. The van der Waals surface area contributed by atoms with Crippen molar-refractivity contribution in [3.05, 3.63) is 0 Å². The van der Waals surface area contributed by atoms with E-state index in [2.05, 4.69) is 12.6 Å². The molecule has 2 atom stereocenters. The molecule has 0 fully saturated rings. The van der Waals surface area contributed by atoms with Gasteiger partial charge >= 0.3 is 7.60 Å². The van der Waals surface area contributed by atoms with Crippen LogP contribution in [0.5, 0.6) is 0 Å². The van der Waals surface area contributed by atoms with Crippen molar-refractivity contribution in [1.82, 2.24) is 0 Å². The average molecular weight is 283 g/mol. The summed E-state index contributed by atoms with van der Waals surface area (Å²) in [5.41, 5.74) is 5.39. The smallest absolute Gasteiger partial charge is 0.327 e. The summed E-state index contributed by atoms with van der Waals surface area (Å²) >= 11 is 4.23. The van der Waals surface area contributed by atoms with Crippen molar-refractivity contribution < 1.29 is 13.6 Å². The third-order valence-electron chi connectivity index (χ3n) is 2.29. The second kappa shape index (κ2) is 10.4. The number of unbranched alkanes of at least 4 members (excludes halogenated alkanes) is 3. The number of thiol groups is 1. The van der Waals surface area contributed by atoms with E-state index in [1.807, 2.05) is 6.92 Å². The van der Waals surface area contributed by atoms with Crippen molar-refractivity contribution in [2.45, 2.75) is 44.3 Å². The van der Waals surface area contributed by atoms with Crippen molar-refractivity contribution in [3.63, 3.8) is 0 Å². The maximum absolute atomic E-state index is 11.8. The molecule has 0 aliphatic carbocycles. The third kappa shape index (κ3) is 12.7. The van der Waals surface area contributed by atoms with Crippen molar-refractivity contribution in [3.8, 4) is 0 Å². The second-order valence-corrected chi connectivity index (χ2v) is 7.22. The van der Waals surface area contributed by atoms with Gasteiger partial charge in [-0.1, -0.05) is 19.8 Å². The highest BCUT2D eigenvalue weighted by molar-refractivity contribution is 7.80. The molecule has 104 valence electrons. The highest BCUT2D eigenvalue weighted by Gasteiger charge is 2.16. The first-order valence-electron chi connectivity index (χ1n) is 6.22. The van der Waals surface area contributed by atoms with Crippen molar-refractivity contribution >= 4 is 20.2 Å². The van der Waals surface area contributed by atoms with Gasteiger partial charge in [-0.15, -0.1) is 0 Å². The Labute approximate surface area is 111 Å². The summed E-state index contributed by atoms with van der Waals surface area (Å²) in [7, 11) is -2.86. The van der Waals surface area contributed by atoms with E-state index < -0.39 is 7.60 Å². The van der Waals surface area contributed by atoms with E-state index >= 15 is 0 Å². The van der Waals surface area contributed by atoms with E-state index in [9.17, 15) is 4.57 Å². The Balaban J connectivity index is 3.47. The maximum atomic E-state index is 11.8. The van der Waals surface area contributed by atoms with Gasteiger partial charge in [0, 0.05) is 11.9 Å². The van der Waals surface area contributed by atoms with Crippen LogP contribution in [0.3, 0.4) is 0 Å². The van der Waals surface area contributed by atoms with Gasteiger partial charge in [-0.3, -0.25) is 4.57 Å². The van der Waals surface area contributed by atoms with E-state index in [0.29, 0.717) is 13.2 Å². The van der Waals surface area contributed by atoms with Crippen molar-refractivity contribution in [1.29, 1.82) is 0 Å². The topological polar surface area (TPSA) is 61.5 Å². The van der Waals surface area contributed by atoms with Crippen LogP contribution in [-0.4, -0.2) is 31.7 Å². The number of hydrogen-bond donors (Lipinski definition) is 2. The first-order valence-corrected chi connectivity index (χ1v) is 8.73. The van der Waals surface area contributed by atoms with Gasteiger partial charge in [0.25, 0.3) is 0 Å². The zero-order chi connectivity index (χ0) is 13.1. The molecule has 0 radical (unpaired) electrons. The summed E-state index contributed by atoms with van der Waals surface area (Å²) in [4.78, 5) is 0. The van der Waals surface area contributed by atoms with Gasteiger partial charge in [-0.05, 0) is 25.8 Å². The minimum absolute atomic E-state index is 0.256. The molecule has 2 unspecified atom stereocenters. The summed E-state index contributed by atoms with van der Waals surface area (Å²) in [5.74, 6) is 0. The standard InChI is InChI=1S/C11H26NO3PS/c1-11(17)7-10-15-16(2,13)14-9-6-4-3-5-8-12/h11,17H,3-10,12H2,1-2H3. The molecular formula is C11H26NO3PS. The molecule has 0 rings (SSSR count). The molecule has 0 aromatic rings. The lowest BCUT2D eigenvalue weighted by molar-refractivity contribution is 0.204. The SMILES string of the molecule is CC(S)CCOP(C)(=O)OCCCCCCN. The molecule has 2 N–H and O–H groups in total. The third-order valence-corrected chi connectivity index (χ3v) is 3.85. The predicted octanol–water partition coefficient (Wildman–Crippen LogP) is 3.07. The minimum Gasteiger partial charge on any atom is -0.330 e. The van der Waals surface area contributed by atoms with Crippen molar-refractivity contribution in [2.24, 2.45) is 5.73 Å². The Bertz CT molecular complexity index is 227. The normalized spacial score (nSPS) is 16.7. The van der Waals surface area contributed by atoms with Crippen LogP contribution >= 0.6 is 20.2 Å². The molecule has 0 spiro atoms. The average Bonchev–Trinajstić information content (AvgIpc) is 2.22. The molecule has 0 aromatic heterocycles. The lowest BCUT2D eigenvalue weighted by Gasteiger charge is -2.14. The first-order chi connectivity index (χ1) is 7.98. The van der Waals surface area contributed by atoms with Crippen LogP contribution in [0.4, 0.5) is 0 Å². The Morgan fingerprint density at radius 1 is 1.18 bits per heavy atom. The fourth-order valence-corrected chi connectivity index (χ4v) is 2.33. The van der Waals surface area contributed by atoms with Crippen LogP contribution in [0.1, 0.15) is 39.0 Å². The molecule has 0 saturated carbocycles. The van der Waals surface area contributed by atoms with Crippen LogP contribution in [-0.2, 0) is 13.6 Å². The first kappa shape index (κ1) is 17.5. The molecule has 0 aliphatic rings. The lowest BCUT2D eigenvalue weighted by atomic mass is 10.2. The molecule has 0 heterocycles. The molecule has 0 saturated heterocycles. The zero-order valence-electron chi connectivity index (χ0n) is 10.9. The van der Waals surface area contributed by atoms with Crippen LogP contribution in [0.2, 0.25) is 0 Å². The van der Waals surface area contributed by atoms with Crippen LogP contribution < -0.4 is 5.73 Å². The van der Waals surface area contributed by atoms with Gasteiger partial charge in [-0.25, -0.2) is 0 Å². The Morgan fingerprint density at radius 2 is 1.76 bits per heavy atom. The van der Waals surface area contributed by atoms with E-state index in [0.717, 1.165) is 38.6 Å². The second-order valence-electron chi connectivity index (χ2n) is 4.28. The molecule has 0 aliphatic heterocycles. The van der Waals surface area contributed by atoms with Gasteiger partial charge in [0.2, 0.25) is 0 Å². The van der Waals surface area contributed by atoms with Gasteiger partial charge in [0.15, 0.2) is 0 Å². The molecule has 6 heteroatoms. The molecule has 0 aromatic carbocycles. The highest BCUT2D eigenvalue weighted by Crippen LogP contribution is 2.44. The molecule has 17 heavy (non-hydrogen) atoms. The van der Waals surface area contributed by atoms with Crippen molar-refractivity contribution in [2.75, 3.05) is 26.4 Å². The van der Waals surface area contributed by atoms with Gasteiger partial charge in [0.1, 0.15) is 0 Å². The van der Waals surface area contributed by atoms with E-state index in [1.54, 1.807) is 0 Å². The quantitative estimate of drug-likeness (QED) is 0.347. The van der Waals surface area contributed by atoms with Gasteiger partial charge in [0.05, 0.1) is 13.2 Å². The fourth-order valence-electron chi connectivity index (χ4n) is 1.26. The lowest BCUT2D eigenvalue weighted by Crippen LogP contribution is -2.02. The summed E-state index contributed by atoms with van der Waals surface area (Å²) < 4.78 is 22.3.